The average Bonchev–Trinajstić information content (AvgIpc) is 2.43. The summed E-state index contributed by atoms with van der Waals surface area (Å²) in [6, 6.07) is 10.2. The number of benzene rings is 1. The van der Waals surface area contributed by atoms with Gasteiger partial charge in [0.25, 0.3) is 0 Å². The van der Waals surface area contributed by atoms with E-state index in [0.29, 0.717) is 23.6 Å². The lowest BCUT2D eigenvalue weighted by Gasteiger charge is -2.43. The van der Waals surface area contributed by atoms with Crippen molar-refractivity contribution in [3.8, 4) is 0 Å². The smallest absolute Gasteiger partial charge is 0.338 e. The molecule has 110 valence electrons. The Balaban J connectivity index is 1.99. The Morgan fingerprint density at radius 3 is 2.50 bits per heavy atom. The lowest BCUT2D eigenvalue weighted by molar-refractivity contribution is -0.0329. The first-order chi connectivity index (χ1) is 9.49. The fourth-order valence-corrected chi connectivity index (χ4v) is 3.00. The minimum Gasteiger partial charge on any atom is -0.458 e. The van der Waals surface area contributed by atoms with E-state index in [4.69, 9.17) is 4.74 Å². The minimum absolute atomic E-state index is 0.0210. The molecule has 0 radical (unpaired) electrons. The van der Waals surface area contributed by atoms with Crippen molar-refractivity contribution in [3.63, 3.8) is 0 Å². The third-order valence-corrected chi connectivity index (χ3v) is 4.20. The molecule has 20 heavy (non-hydrogen) atoms. The average molecular weight is 275 g/mol. The highest BCUT2D eigenvalue weighted by Gasteiger charge is 2.34. The van der Waals surface area contributed by atoms with Crippen molar-refractivity contribution in [2.75, 3.05) is 6.54 Å². The van der Waals surface area contributed by atoms with Gasteiger partial charge in [-0.15, -0.1) is 0 Å². The number of likely N-dealkylation sites (tertiary alicyclic amines) is 1. The van der Waals surface area contributed by atoms with Gasteiger partial charge in [-0.2, -0.15) is 0 Å². The highest BCUT2D eigenvalue weighted by molar-refractivity contribution is 5.89. The van der Waals surface area contributed by atoms with E-state index >= 15 is 0 Å². The van der Waals surface area contributed by atoms with E-state index in [0.717, 1.165) is 13.0 Å². The van der Waals surface area contributed by atoms with Gasteiger partial charge in [0.05, 0.1) is 5.56 Å². The number of piperidine rings is 1. The van der Waals surface area contributed by atoms with Crippen LogP contribution in [0.5, 0.6) is 0 Å². The standard InChI is InChI=1S/C17H25NO2/c1-12(2)18-11-13(3)16(10-14(18)4)20-17(19)15-8-6-5-7-9-15/h5-9,12-14,16H,10-11H2,1-4H3/t13-,14-,16-/m0/s1. The normalized spacial score (nSPS) is 27.6. The maximum atomic E-state index is 12.1. The Bertz CT molecular complexity index is 444. The predicted octanol–water partition coefficient (Wildman–Crippen LogP) is 3.35. The maximum absolute atomic E-state index is 12.1. The van der Waals surface area contributed by atoms with Crippen LogP contribution in [0.3, 0.4) is 0 Å². The Morgan fingerprint density at radius 2 is 1.90 bits per heavy atom. The van der Waals surface area contributed by atoms with Crippen LogP contribution in [0.15, 0.2) is 30.3 Å². The Morgan fingerprint density at radius 1 is 1.25 bits per heavy atom. The van der Waals surface area contributed by atoms with Crippen molar-refractivity contribution in [1.29, 1.82) is 0 Å². The summed E-state index contributed by atoms with van der Waals surface area (Å²) in [5.74, 6) is 0.175. The molecule has 1 aliphatic heterocycles. The zero-order valence-electron chi connectivity index (χ0n) is 12.9. The molecule has 3 nitrogen and oxygen atoms in total. The fraction of sp³-hybridized carbons (Fsp3) is 0.588. The molecule has 1 heterocycles. The zero-order valence-corrected chi connectivity index (χ0v) is 12.9. The molecule has 1 saturated heterocycles. The van der Waals surface area contributed by atoms with Crippen LogP contribution in [0.2, 0.25) is 0 Å². The van der Waals surface area contributed by atoms with Crippen LogP contribution in [0.1, 0.15) is 44.5 Å². The first-order valence-corrected chi connectivity index (χ1v) is 7.50. The quantitative estimate of drug-likeness (QED) is 0.792. The predicted molar refractivity (Wildman–Crippen MR) is 80.7 cm³/mol. The summed E-state index contributed by atoms with van der Waals surface area (Å²) >= 11 is 0. The van der Waals surface area contributed by atoms with Gasteiger partial charge in [-0.1, -0.05) is 25.1 Å². The monoisotopic (exact) mass is 275 g/mol. The molecule has 0 saturated carbocycles. The number of esters is 1. The van der Waals surface area contributed by atoms with Crippen LogP contribution in [0.25, 0.3) is 0 Å². The molecular weight excluding hydrogens is 250 g/mol. The number of nitrogens with zero attached hydrogens (tertiary/aromatic N) is 1. The minimum atomic E-state index is -0.201. The highest BCUT2D eigenvalue weighted by Crippen LogP contribution is 2.27. The third-order valence-electron chi connectivity index (χ3n) is 4.20. The maximum Gasteiger partial charge on any atom is 0.338 e. The molecule has 1 fully saturated rings. The molecule has 0 aromatic heterocycles. The van der Waals surface area contributed by atoms with Crippen molar-refractivity contribution in [2.24, 2.45) is 5.92 Å². The van der Waals surface area contributed by atoms with E-state index in [2.05, 4.69) is 32.6 Å². The van der Waals surface area contributed by atoms with E-state index in [1.54, 1.807) is 12.1 Å². The van der Waals surface area contributed by atoms with Gasteiger partial charge in [0, 0.05) is 31.0 Å². The molecule has 0 amide bonds. The summed E-state index contributed by atoms with van der Waals surface area (Å²) < 4.78 is 5.72. The van der Waals surface area contributed by atoms with Crippen LogP contribution < -0.4 is 0 Å². The first-order valence-electron chi connectivity index (χ1n) is 7.50. The largest absolute Gasteiger partial charge is 0.458 e. The summed E-state index contributed by atoms with van der Waals surface area (Å²) in [5.41, 5.74) is 0.638. The van der Waals surface area contributed by atoms with Gasteiger partial charge in [0.2, 0.25) is 0 Å². The molecule has 0 aliphatic carbocycles. The molecule has 0 N–H and O–H groups in total. The van der Waals surface area contributed by atoms with Crippen molar-refractivity contribution in [3.05, 3.63) is 35.9 Å². The topological polar surface area (TPSA) is 29.5 Å². The molecule has 1 aliphatic rings. The molecular formula is C17H25NO2. The van der Waals surface area contributed by atoms with Gasteiger partial charge >= 0.3 is 5.97 Å². The summed E-state index contributed by atoms with van der Waals surface area (Å²) in [5, 5.41) is 0. The Kier molecular flexibility index (Phi) is 4.81. The van der Waals surface area contributed by atoms with Gasteiger partial charge in [-0.05, 0) is 32.9 Å². The number of hydrogen-bond donors (Lipinski definition) is 0. The number of hydrogen-bond acceptors (Lipinski definition) is 3. The van der Waals surface area contributed by atoms with Crippen molar-refractivity contribution in [1.82, 2.24) is 4.90 Å². The summed E-state index contributed by atoms with van der Waals surface area (Å²) in [4.78, 5) is 14.6. The van der Waals surface area contributed by atoms with Crippen LogP contribution in [0.4, 0.5) is 0 Å². The number of rotatable bonds is 3. The Labute approximate surface area is 121 Å². The first kappa shape index (κ1) is 15.0. The van der Waals surface area contributed by atoms with Crippen molar-refractivity contribution >= 4 is 5.97 Å². The van der Waals surface area contributed by atoms with Crippen LogP contribution in [-0.4, -0.2) is 35.6 Å². The Hall–Kier alpha value is -1.35. The van der Waals surface area contributed by atoms with Gasteiger partial charge < -0.3 is 4.74 Å². The van der Waals surface area contributed by atoms with Gasteiger partial charge in [0.15, 0.2) is 0 Å². The van der Waals surface area contributed by atoms with Gasteiger partial charge in [-0.3, -0.25) is 4.90 Å². The molecule has 0 unspecified atom stereocenters. The van der Waals surface area contributed by atoms with Crippen LogP contribution >= 0.6 is 0 Å². The molecule has 1 aromatic carbocycles. The van der Waals surface area contributed by atoms with Crippen molar-refractivity contribution < 1.29 is 9.53 Å². The van der Waals surface area contributed by atoms with E-state index in [-0.39, 0.29) is 12.1 Å². The van der Waals surface area contributed by atoms with Crippen molar-refractivity contribution in [2.45, 2.75) is 52.3 Å². The second-order valence-corrected chi connectivity index (χ2v) is 6.16. The zero-order chi connectivity index (χ0) is 14.7. The lowest BCUT2D eigenvalue weighted by Crippen LogP contribution is -2.51. The second kappa shape index (κ2) is 6.40. The third kappa shape index (κ3) is 3.40. The van der Waals surface area contributed by atoms with E-state index < -0.39 is 0 Å². The number of ether oxygens (including phenoxy) is 1. The SMILES string of the molecule is CC(C)N1C[C@H](C)[C@@H](OC(=O)c2ccccc2)C[C@@H]1C. The lowest BCUT2D eigenvalue weighted by atomic mass is 9.90. The number of carbonyl (C=O) groups is 1. The summed E-state index contributed by atoms with van der Waals surface area (Å²) in [6.07, 6.45) is 0.936. The molecule has 0 spiro atoms. The second-order valence-electron chi connectivity index (χ2n) is 6.16. The van der Waals surface area contributed by atoms with Gasteiger partial charge in [0.1, 0.15) is 6.10 Å². The van der Waals surface area contributed by atoms with Gasteiger partial charge in [-0.25, -0.2) is 4.79 Å². The van der Waals surface area contributed by atoms with Crippen LogP contribution in [-0.2, 0) is 4.74 Å². The fourth-order valence-electron chi connectivity index (χ4n) is 3.00. The molecule has 1 aromatic rings. The molecule has 0 bridgehead atoms. The molecule has 3 atom stereocenters. The molecule has 2 rings (SSSR count). The van der Waals surface area contributed by atoms with E-state index in [1.165, 1.54) is 0 Å². The van der Waals surface area contributed by atoms with E-state index in [9.17, 15) is 4.79 Å². The van der Waals surface area contributed by atoms with Crippen LogP contribution in [0, 0.1) is 5.92 Å². The van der Waals surface area contributed by atoms with E-state index in [1.807, 2.05) is 18.2 Å². The summed E-state index contributed by atoms with van der Waals surface area (Å²) in [6.45, 7) is 9.82. The summed E-state index contributed by atoms with van der Waals surface area (Å²) in [7, 11) is 0. The highest BCUT2D eigenvalue weighted by atomic mass is 16.5. The molecule has 3 heteroatoms. The number of carbonyl (C=O) groups excluding carboxylic acids is 1.